The van der Waals surface area contributed by atoms with Gasteiger partial charge < -0.3 is 5.32 Å². The lowest BCUT2D eigenvalue weighted by molar-refractivity contribution is -0.120. The molecule has 0 aliphatic rings. The Morgan fingerprint density at radius 3 is 2.59 bits per heavy atom. The molecule has 136 valence electrons. The SMILES string of the molecule is CC(C)(C(=O)Nc1ccn(-c2ccc(Cl)cc2C#N)n1)c1ccc(F)cc1. The standard InChI is InChI=1S/C20H16ClFN4O/c1-20(2,14-3-6-16(22)7-4-14)19(27)24-18-9-10-26(25-18)17-8-5-15(21)11-13(17)12-23/h3-11H,1-2H3,(H,24,25,27). The van der Waals surface area contributed by atoms with Crippen LogP contribution in [-0.2, 0) is 10.2 Å². The summed E-state index contributed by atoms with van der Waals surface area (Å²) in [7, 11) is 0. The Morgan fingerprint density at radius 1 is 1.22 bits per heavy atom. The molecule has 0 aliphatic heterocycles. The number of carbonyl (C=O) groups excluding carboxylic acids is 1. The van der Waals surface area contributed by atoms with Gasteiger partial charge in [0.15, 0.2) is 5.82 Å². The average Bonchev–Trinajstić information content (AvgIpc) is 3.10. The van der Waals surface area contributed by atoms with E-state index in [4.69, 9.17) is 11.6 Å². The van der Waals surface area contributed by atoms with Crippen molar-refractivity contribution in [3.63, 3.8) is 0 Å². The van der Waals surface area contributed by atoms with E-state index in [1.54, 1.807) is 56.4 Å². The maximum atomic E-state index is 13.1. The van der Waals surface area contributed by atoms with Crippen LogP contribution >= 0.6 is 11.6 Å². The first kappa shape index (κ1) is 18.6. The number of benzene rings is 2. The lowest BCUT2D eigenvalue weighted by Crippen LogP contribution is -2.34. The zero-order valence-corrected chi connectivity index (χ0v) is 15.5. The van der Waals surface area contributed by atoms with Crippen LogP contribution in [0, 0.1) is 17.1 Å². The molecular weight excluding hydrogens is 367 g/mol. The third-order valence-electron chi connectivity index (χ3n) is 4.29. The van der Waals surface area contributed by atoms with Gasteiger partial charge in [-0.05, 0) is 49.7 Å². The van der Waals surface area contributed by atoms with E-state index in [-0.39, 0.29) is 11.7 Å². The minimum atomic E-state index is -0.879. The fourth-order valence-electron chi connectivity index (χ4n) is 2.59. The molecule has 3 rings (SSSR count). The molecule has 1 aromatic heterocycles. The van der Waals surface area contributed by atoms with Crippen LogP contribution in [0.2, 0.25) is 5.02 Å². The zero-order valence-electron chi connectivity index (χ0n) is 14.7. The monoisotopic (exact) mass is 382 g/mol. The van der Waals surface area contributed by atoms with Crippen LogP contribution in [0.15, 0.2) is 54.7 Å². The van der Waals surface area contributed by atoms with Gasteiger partial charge in [0.1, 0.15) is 11.9 Å². The number of aromatic nitrogens is 2. The van der Waals surface area contributed by atoms with Crippen molar-refractivity contribution in [2.45, 2.75) is 19.3 Å². The molecule has 5 nitrogen and oxygen atoms in total. The number of amides is 1. The van der Waals surface area contributed by atoms with Gasteiger partial charge in [-0.15, -0.1) is 0 Å². The maximum absolute atomic E-state index is 13.1. The molecule has 27 heavy (non-hydrogen) atoms. The normalized spacial score (nSPS) is 11.1. The van der Waals surface area contributed by atoms with Crippen LogP contribution in [0.3, 0.4) is 0 Å². The van der Waals surface area contributed by atoms with Crippen LogP contribution in [0.4, 0.5) is 10.2 Å². The van der Waals surface area contributed by atoms with Crippen LogP contribution in [0.5, 0.6) is 0 Å². The van der Waals surface area contributed by atoms with Crippen LogP contribution in [0.1, 0.15) is 25.0 Å². The van der Waals surface area contributed by atoms with Gasteiger partial charge >= 0.3 is 0 Å². The van der Waals surface area contributed by atoms with Gasteiger partial charge in [-0.2, -0.15) is 10.4 Å². The van der Waals surface area contributed by atoms with Gasteiger partial charge in [-0.3, -0.25) is 4.79 Å². The topological polar surface area (TPSA) is 70.7 Å². The number of nitrogens with one attached hydrogen (secondary N) is 1. The third-order valence-corrected chi connectivity index (χ3v) is 4.53. The van der Waals surface area contributed by atoms with Gasteiger partial charge in [0.2, 0.25) is 5.91 Å². The first-order chi connectivity index (χ1) is 12.8. The molecule has 3 aromatic rings. The van der Waals surface area contributed by atoms with E-state index in [0.29, 0.717) is 27.7 Å². The van der Waals surface area contributed by atoms with Gasteiger partial charge in [0.05, 0.1) is 16.7 Å². The van der Waals surface area contributed by atoms with Crippen LogP contribution in [-0.4, -0.2) is 15.7 Å². The lowest BCUT2D eigenvalue weighted by Gasteiger charge is -2.23. The Morgan fingerprint density at radius 2 is 1.93 bits per heavy atom. The predicted molar refractivity (Wildman–Crippen MR) is 101 cm³/mol. The first-order valence-corrected chi connectivity index (χ1v) is 8.52. The van der Waals surface area contributed by atoms with Gasteiger partial charge in [-0.1, -0.05) is 23.7 Å². The van der Waals surface area contributed by atoms with Crippen molar-refractivity contribution in [1.82, 2.24) is 9.78 Å². The third kappa shape index (κ3) is 3.83. The number of hydrogen-bond acceptors (Lipinski definition) is 3. The zero-order chi connectivity index (χ0) is 19.6. The molecule has 0 saturated heterocycles. The lowest BCUT2D eigenvalue weighted by atomic mass is 9.84. The number of nitrogens with zero attached hydrogens (tertiary/aromatic N) is 3. The van der Waals surface area contributed by atoms with Crippen molar-refractivity contribution in [2.75, 3.05) is 5.32 Å². The van der Waals surface area contributed by atoms with Gasteiger partial charge in [0.25, 0.3) is 0 Å². The molecule has 0 bridgehead atoms. The molecule has 0 saturated carbocycles. The van der Waals surface area contributed by atoms with Gasteiger partial charge in [-0.25, -0.2) is 9.07 Å². The summed E-state index contributed by atoms with van der Waals surface area (Å²) in [6.07, 6.45) is 1.64. The quantitative estimate of drug-likeness (QED) is 0.724. The highest BCUT2D eigenvalue weighted by Crippen LogP contribution is 2.25. The van der Waals surface area contributed by atoms with E-state index in [9.17, 15) is 14.4 Å². The molecule has 7 heteroatoms. The first-order valence-electron chi connectivity index (χ1n) is 8.14. The molecular formula is C20H16ClFN4O. The average molecular weight is 383 g/mol. The molecule has 0 radical (unpaired) electrons. The molecule has 2 aromatic carbocycles. The van der Waals surface area contributed by atoms with Crippen LogP contribution < -0.4 is 5.32 Å². The van der Waals surface area contributed by atoms with E-state index in [0.717, 1.165) is 0 Å². The Balaban J connectivity index is 1.82. The van der Waals surface area contributed by atoms with Crippen molar-refractivity contribution in [3.8, 4) is 11.8 Å². The van der Waals surface area contributed by atoms with Crippen LogP contribution in [0.25, 0.3) is 5.69 Å². The fourth-order valence-corrected chi connectivity index (χ4v) is 2.76. The second-order valence-electron chi connectivity index (χ2n) is 6.50. The molecule has 1 heterocycles. The molecule has 1 amide bonds. The van der Waals surface area contributed by atoms with E-state index in [2.05, 4.69) is 16.5 Å². The minimum Gasteiger partial charge on any atom is -0.308 e. The highest BCUT2D eigenvalue weighted by molar-refractivity contribution is 6.30. The van der Waals surface area contributed by atoms with Crippen molar-refractivity contribution in [3.05, 3.63) is 76.7 Å². The highest BCUT2D eigenvalue weighted by Gasteiger charge is 2.30. The summed E-state index contributed by atoms with van der Waals surface area (Å²) in [4.78, 5) is 12.7. The Kier molecular flexibility index (Phi) is 4.98. The Hall–Kier alpha value is -3.17. The van der Waals surface area contributed by atoms with E-state index in [1.807, 2.05) is 0 Å². The summed E-state index contributed by atoms with van der Waals surface area (Å²) in [6.45, 7) is 3.50. The summed E-state index contributed by atoms with van der Waals surface area (Å²) >= 11 is 5.91. The minimum absolute atomic E-state index is 0.282. The van der Waals surface area contributed by atoms with E-state index >= 15 is 0 Å². The largest absolute Gasteiger partial charge is 0.308 e. The molecule has 1 N–H and O–H groups in total. The molecule has 0 aliphatic carbocycles. The van der Waals surface area contributed by atoms with E-state index < -0.39 is 5.41 Å². The summed E-state index contributed by atoms with van der Waals surface area (Å²) in [5.41, 5.74) is 0.732. The summed E-state index contributed by atoms with van der Waals surface area (Å²) in [5, 5.41) is 16.8. The molecule has 0 unspecified atom stereocenters. The smallest absolute Gasteiger partial charge is 0.235 e. The number of carbonyl (C=O) groups is 1. The molecule has 0 spiro atoms. The number of rotatable bonds is 4. The number of anilines is 1. The Bertz CT molecular complexity index is 1030. The molecule has 0 fully saturated rings. The predicted octanol–water partition coefficient (Wildman–Crippen LogP) is 4.45. The van der Waals surface area contributed by atoms with Crippen molar-refractivity contribution in [2.24, 2.45) is 0 Å². The Labute approximate surface area is 161 Å². The van der Waals surface area contributed by atoms with Gasteiger partial charge in [0, 0.05) is 17.3 Å². The number of nitriles is 1. The fraction of sp³-hybridized carbons (Fsp3) is 0.150. The van der Waals surface area contributed by atoms with E-state index in [1.165, 1.54) is 16.8 Å². The summed E-state index contributed by atoms with van der Waals surface area (Å²) in [6, 6.07) is 14.4. The summed E-state index contributed by atoms with van der Waals surface area (Å²) in [5.74, 6) is -0.296. The highest BCUT2D eigenvalue weighted by atomic mass is 35.5. The number of hydrogen-bond donors (Lipinski definition) is 1. The van der Waals surface area contributed by atoms with Crippen molar-refractivity contribution < 1.29 is 9.18 Å². The summed E-state index contributed by atoms with van der Waals surface area (Å²) < 4.78 is 14.6. The van der Waals surface area contributed by atoms with Crippen molar-refractivity contribution >= 4 is 23.3 Å². The molecule has 0 atom stereocenters. The second-order valence-corrected chi connectivity index (χ2v) is 6.94. The maximum Gasteiger partial charge on any atom is 0.235 e. The second kappa shape index (κ2) is 7.22. The van der Waals surface area contributed by atoms with Crippen molar-refractivity contribution in [1.29, 1.82) is 5.26 Å². The number of halogens is 2.